The second kappa shape index (κ2) is 10.3. The van der Waals surface area contributed by atoms with Crippen molar-refractivity contribution in [3.8, 4) is 0 Å². The van der Waals surface area contributed by atoms with E-state index in [2.05, 4.69) is 54.5 Å². The highest BCUT2D eigenvalue weighted by atomic mass is 16.6. The minimum atomic E-state index is -0.673. The Hall–Kier alpha value is -1.93. The molecule has 4 fully saturated rings. The Morgan fingerprint density at radius 1 is 1.05 bits per heavy atom. The fourth-order valence-electron chi connectivity index (χ4n) is 11.3. The monoisotopic (exact) mass is 587 g/mol. The molecule has 3 N–H and O–H groups in total. The summed E-state index contributed by atoms with van der Waals surface area (Å²) in [4.78, 5) is 38.1. The van der Waals surface area contributed by atoms with Crippen LogP contribution in [0.1, 0.15) is 93.9 Å². The third-order valence-corrected chi connectivity index (χ3v) is 13.8. The topological polar surface area (TPSA) is 125 Å². The van der Waals surface area contributed by atoms with Crippen molar-refractivity contribution in [2.45, 2.75) is 106 Å². The minimum absolute atomic E-state index is 0.182. The van der Waals surface area contributed by atoms with Crippen LogP contribution in [0.5, 0.6) is 0 Å². The van der Waals surface area contributed by atoms with Gasteiger partial charge in [0.15, 0.2) is 0 Å². The van der Waals surface area contributed by atoms with E-state index in [1.807, 2.05) is 0 Å². The Labute approximate surface area is 251 Å². The standard InChI is InChI=1S/C34H53NO7/c1-19(2)20(3)30(5)13-14-32(7)22-9-10-25-31(6)17-40-18-34(25,23(22)11-12-33(32,8)27(30)29(38)39)15-24(41-21(4)36)28(31)42-26(37)16-35/h11,19-20,22,24-25,27-28H,9-10,12-18,35H2,1-8H3,(H,38,39)/t20-,22+,24-,25+,27-,28+,30-,31+,32-,33+,34+/m1/s1. The number of carbonyl (C=O) groups is 3. The van der Waals surface area contributed by atoms with Gasteiger partial charge < -0.3 is 25.1 Å². The number of esters is 2. The van der Waals surface area contributed by atoms with E-state index in [1.54, 1.807) is 0 Å². The zero-order valence-corrected chi connectivity index (χ0v) is 27.0. The molecule has 8 nitrogen and oxygen atoms in total. The van der Waals surface area contributed by atoms with Crippen molar-refractivity contribution in [2.75, 3.05) is 19.8 Å². The van der Waals surface area contributed by atoms with Crippen LogP contribution in [0.4, 0.5) is 0 Å². The van der Waals surface area contributed by atoms with Gasteiger partial charge in [-0.3, -0.25) is 14.4 Å². The molecule has 236 valence electrons. The number of fused-ring (bicyclic) bond motifs is 3. The molecule has 5 aliphatic rings. The van der Waals surface area contributed by atoms with Crippen LogP contribution < -0.4 is 5.73 Å². The molecule has 1 saturated heterocycles. The summed E-state index contributed by atoms with van der Waals surface area (Å²) in [5.74, 6) is -0.968. The van der Waals surface area contributed by atoms with Crippen LogP contribution in [-0.2, 0) is 28.6 Å². The third-order valence-electron chi connectivity index (χ3n) is 13.8. The van der Waals surface area contributed by atoms with E-state index in [4.69, 9.17) is 19.9 Å². The first-order chi connectivity index (χ1) is 19.5. The fraction of sp³-hybridized carbons (Fsp3) is 0.853. The second-order valence-electron chi connectivity index (χ2n) is 15.8. The van der Waals surface area contributed by atoms with Crippen LogP contribution in [0.3, 0.4) is 0 Å². The van der Waals surface area contributed by atoms with Crippen molar-refractivity contribution in [1.82, 2.24) is 0 Å². The van der Waals surface area contributed by atoms with E-state index >= 15 is 0 Å². The number of nitrogens with two attached hydrogens (primary N) is 1. The molecular weight excluding hydrogens is 534 g/mol. The maximum Gasteiger partial charge on any atom is 0.320 e. The Balaban J connectivity index is 1.61. The molecule has 0 aromatic heterocycles. The van der Waals surface area contributed by atoms with Gasteiger partial charge in [-0.15, -0.1) is 0 Å². The number of carboxylic acid groups (broad SMARTS) is 1. The summed E-state index contributed by atoms with van der Waals surface area (Å²) in [7, 11) is 0. The summed E-state index contributed by atoms with van der Waals surface area (Å²) in [5, 5.41) is 10.9. The number of carbonyl (C=O) groups excluding carboxylic acids is 2. The summed E-state index contributed by atoms with van der Waals surface area (Å²) in [6, 6.07) is 0. The molecular formula is C34H53NO7. The van der Waals surface area contributed by atoms with Crippen LogP contribution in [-0.4, -0.2) is 55.0 Å². The Morgan fingerprint density at radius 2 is 1.74 bits per heavy atom. The molecule has 1 aliphatic heterocycles. The maximum atomic E-state index is 13.3. The second-order valence-corrected chi connectivity index (χ2v) is 15.8. The maximum absolute atomic E-state index is 13.3. The van der Waals surface area contributed by atoms with Crippen LogP contribution in [0.2, 0.25) is 0 Å². The molecule has 0 amide bonds. The SMILES string of the molecule is CC(=O)O[C@@H]1C[C@@]23COC[C@@](C)([C@@H]2CC[C@H]2C3=CC[C@@]3(C)[C@H](C(=O)O)[C@@](C)([C@H](C)C(C)C)CC[C@]23C)[C@H]1OC(=O)CN. The number of hydrogen-bond donors (Lipinski definition) is 2. The van der Waals surface area contributed by atoms with Crippen LogP contribution in [0.15, 0.2) is 11.6 Å². The van der Waals surface area contributed by atoms with Crippen LogP contribution >= 0.6 is 0 Å². The van der Waals surface area contributed by atoms with E-state index in [0.29, 0.717) is 32.0 Å². The van der Waals surface area contributed by atoms with Crippen molar-refractivity contribution in [2.24, 2.45) is 62.4 Å². The lowest BCUT2D eigenvalue weighted by Gasteiger charge is -2.71. The quantitative estimate of drug-likeness (QED) is 0.314. The Bertz CT molecular complexity index is 1170. The highest BCUT2D eigenvalue weighted by Gasteiger charge is 2.72. The van der Waals surface area contributed by atoms with Gasteiger partial charge in [-0.25, -0.2) is 0 Å². The van der Waals surface area contributed by atoms with Gasteiger partial charge in [0.1, 0.15) is 12.2 Å². The van der Waals surface area contributed by atoms with E-state index in [9.17, 15) is 19.5 Å². The number of aliphatic carboxylic acids is 1. The molecule has 2 bridgehead atoms. The molecule has 3 saturated carbocycles. The average Bonchev–Trinajstić information content (AvgIpc) is 2.90. The molecule has 0 aromatic rings. The highest BCUT2D eigenvalue weighted by molar-refractivity contribution is 5.73. The number of carboxylic acids is 1. The molecule has 11 atom stereocenters. The minimum Gasteiger partial charge on any atom is -0.481 e. The fourth-order valence-corrected chi connectivity index (χ4v) is 11.3. The van der Waals surface area contributed by atoms with Gasteiger partial charge in [0, 0.05) is 17.8 Å². The first kappa shape index (κ1) is 31.5. The van der Waals surface area contributed by atoms with E-state index < -0.39 is 46.9 Å². The summed E-state index contributed by atoms with van der Waals surface area (Å²) in [5.41, 5.74) is 5.17. The predicted octanol–water partition coefficient (Wildman–Crippen LogP) is 5.38. The molecule has 42 heavy (non-hydrogen) atoms. The molecule has 0 radical (unpaired) electrons. The van der Waals surface area contributed by atoms with Crippen molar-refractivity contribution in [1.29, 1.82) is 0 Å². The number of allylic oxidation sites excluding steroid dienone is 1. The van der Waals surface area contributed by atoms with E-state index in [0.717, 1.165) is 25.7 Å². The Kier molecular flexibility index (Phi) is 7.74. The lowest BCUT2D eigenvalue weighted by atomic mass is 9.34. The molecule has 5 rings (SSSR count). The van der Waals surface area contributed by atoms with Crippen molar-refractivity contribution < 1.29 is 33.7 Å². The van der Waals surface area contributed by atoms with Gasteiger partial charge in [0.2, 0.25) is 0 Å². The van der Waals surface area contributed by atoms with Crippen LogP contribution in [0.25, 0.3) is 0 Å². The molecule has 1 heterocycles. The molecule has 8 heteroatoms. The largest absolute Gasteiger partial charge is 0.481 e. The van der Waals surface area contributed by atoms with E-state index in [1.165, 1.54) is 12.5 Å². The number of ether oxygens (including phenoxy) is 3. The van der Waals surface area contributed by atoms with Gasteiger partial charge in [0.05, 0.1) is 25.7 Å². The highest BCUT2D eigenvalue weighted by Crippen LogP contribution is 2.75. The normalized spacial score (nSPS) is 46.8. The van der Waals surface area contributed by atoms with Gasteiger partial charge in [-0.05, 0) is 78.4 Å². The summed E-state index contributed by atoms with van der Waals surface area (Å²) >= 11 is 0. The average molecular weight is 588 g/mol. The van der Waals surface area contributed by atoms with Gasteiger partial charge >= 0.3 is 17.9 Å². The zero-order chi connectivity index (χ0) is 31.0. The third kappa shape index (κ3) is 4.17. The molecule has 0 aromatic carbocycles. The lowest BCUT2D eigenvalue weighted by molar-refractivity contribution is -0.262. The lowest BCUT2D eigenvalue weighted by Crippen LogP contribution is -2.70. The van der Waals surface area contributed by atoms with Gasteiger partial charge in [-0.2, -0.15) is 0 Å². The van der Waals surface area contributed by atoms with E-state index in [-0.39, 0.29) is 40.5 Å². The van der Waals surface area contributed by atoms with Crippen molar-refractivity contribution >= 4 is 17.9 Å². The first-order valence-corrected chi connectivity index (χ1v) is 16.1. The predicted molar refractivity (Wildman–Crippen MR) is 158 cm³/mol. The summed E-state index contributed by atoms with van der Waals surface area (Å²) in [6.45, 7) is 17.7. The molecule has 4 aliphatic carbocycles. The van der Waals surface area contributed by atoms with Crippen molar-refractivity contribution in [3.63, 3.8) is 0 Å². The zero-order valence-electron chi connectivity index (χ0n) is 27.0. The van der Waals surface area contributed by atoms with Gasteiger partial charge in [0.25, 0.3) is 0 Å². The molecule has 0 spiro atoms. The smallest absolute Gasteiger partial charge is 0.320 e. The Morgan fingerprint density at radius 3 is 2.33 bits per heavy atom. The molecule has 0 unspecified atom stereocenters. The van der Waals surface area contributed by atoms with Crippen LogP contribution in [0, 0.1) is 56.7 Å². The van der Waals surface area contributed by atoms with Crippen molar-refractivity contribution in [3.05, 3.63) is 11.6 Å². The summed E-state index contributed by atoms with van der Waals surface area (Å²) in [6.07, 6.45) is 6.10. The summed E-state index contributed by atoms with van der Waals surface area (Å²) < 4.78 is 18.3. The first-order valence-electron chi connectivity index (χ1n) is 16.1. The number of hydrogen-bond acceptors (Lipinski definition) is 7. The van der Waals surface area contributed by atoms with Gasteiger partial charge in [-0.1, -0.05) is 60.1 Å². The number of rotatable bonds is 6.